The molecule has 2 aromatic carbocycles. The van der Waals surface area contributed by atoms with Gasteiger partial charge in [0, 0.05) is 13.1 Å². The van der Waals surface area contributed by atoms with Gasteiger partial charge in [-0.25, -0.2) is 4.68 Å². The van der Waals surface area contributed by atoms with Gasteiger partial charge < -0.3 is 14.6 Å². The third-order valence-corrected chi connectivity index (χ3v) is 6.07. The minimum Gasteiger partial charge on any atom is -0.497 e. The van der Waals surface area contributed by atoms with E-state index < -0.39 is 0 Å². The summed E-state index contributed by atoms with van der Waals surface area (Å²) in [5.74, 6) is 2.50. The zero-order chi connectivity index (χ0) is 25.2. The highest BCUT2D eigenvalue weighted by Gasteiger charge is 2.25. The number of benzene rings is 2. The fourth-order valence-corrected chi connectivity index (χ4v) is 4.27. The minimum atomic E-state index is -0.334. The van der Waals surface area contributed by atoms with Crippen LogP contribution in [0, 0.1) is 0 Å². The highest BCUT2D eigenvalue weighted by molar-refractivity contribution is 5.46. The number of ether oxygens (including phenoxy) is 2. The van der Waals surface area contributed by atoms with Crippen LogP contribution < -0.4 is 9.47 Å². The molecule has 3 aromatic rings. The fraction of sp³-hybridized carbons (Fsp3) is 0.483. The first-order valence-corrected chi connectivity index (χ1v) is 12.9. The molecule has 190 valence electrons. The summed E-state index contributed by atoms with van der Waals surface area (Å²) in [6, 6.07) is 17.7. The topological polar surface area (TPSA) is 59.8 Å². The lowest BCUT2D eigenvalue weighted by Gasteiger charge is -2.25. The molecule has 6 heteroatoms. The second-order valence-electron chi connectivity index (χ2n) is 9.38. The van der Waals surface area contributed by atoms with E-state index in [0.29, 0.717) is 19.0 Å². The summed E-state index contributed by atoms with van der Waals surface area (Å²) in [6.45, 7) is 10.9. The molecule has 3 rings (SSSR count). The molecule has 0 aliphatic heterocycles. The van der Waals surface area contributed by atoms with Crippen molar-refractivity contribution in [3.8, 4) is 23.1 Å². The summed E-state index contributed by atoms with van der Waals surface area (Å²) in [7, 11) is 1.67. The molecular formula is C29H41N3O3. The van der Waals surface area contributed by atoms with Crippen molar-refractivity contribution in [3.63, 3.8) is 0 Å². The van der Waals surface area contributed by atoms with Crippen LogP contribution in [0.1, 0.15) is 70.6 Å². The van der Waals surface area contributed by atoms with Gasteiger partial charge in [-0.05, 0) is 61.7 Å². The van der Waals surface area contributed by atoms with Crippen LogP contribution in [0.3, 0.4) is 0 Å². The molecule has 0 spiro atoms. The van der Waals surface area contributed by atoms with E-state index in [-0.39, 0.29) is 12.0 Å². The van der Waals surface area contributed by atoms with Crippen LogP contribution >= 0.6 is 0 Å². The number of aliphatic hydroxyl groups is 1. The first-order chi connectivity index (χ1) is 17.0. The Hall–Kier alpha value is -2.83. The van der Waals surface area contributed by atoms with E-state index in [0.717, 1.165) is 60.7 Å². The number of aliphatic hydroxyl groups excluding tert-OH is 1. The van der Waals surface area contributed by atoms with E-state index >= 15 is 0 Å². The molecule has 0 aliphatic carbocycles. The Kier molecular flexibility index (Phi) is 10.2. The summed E-state index contributed by atoms with van der Waals surface area (Å²) in [4.78, 5) is 2.33. The zero-order valence-corrected chi connectivity index (χ0v) is 21.9. The highest BCUT2D eigenvalue weighted by Crippen LogP contribution is 2.35. The van der Waals surface area contributed by atoms with Crippen LogP contribution in [0.25, 0.3) is 5.69 Å². The molecule has 1 heterocycles. The van der Waals surface area contributed by atoms with Gasteiger partial charge in [0.1, 0.15) is 11.5 Å². The number of hydrogen-bond acceptors (Lipinski definition) is 5. The maximum Gasteiger partial charge on any atom is 0.227 e. The van der Waals surface area contributed by atoms with Gasteiger partial charge in [-0.3, -0.25) is 4.90 Å². The minimum absolute atomic E-state index is 0.219. The average Bonchev–Trinajstić information content (AvgIpc) is 3.21. The molecular weight excluding hydrogens is 438 g/mol. The van der Waals surface area contributed by atoms with E-state index in [2.05, 4.69) is 32.6 Å². The van der Waals surface area contributed by atoms with E-state index in [1.807, 2.05) is 59.3 Å². The molecule has 0 bridgehead atoms. The molecule has 0 fully saturated rings. The van der Waals surface area contributed by atoms with Crippen molar-refractivity contribution in [3.05, 3.63) is 65.9 Å². The Morgan fingerprint density at radius 3 is 2.29 bits per heavy atom. The van der Waals surface area contributed by atoms with Crippen molar-refractivity contribution in [1.29, 1.82) is 0 Å². The predicted octanol–water partition coefficient (Wildman–Crippen LogP) is 6.56. The van der Waals surface area contributed by atoms with Crippen LogP contribution in [0.4, 0.5) is 0 Å². The average molecular weight is 480 g/mol. The third kappa shape index (κ3) is 7.33. The van der Waals surface area contributed by atoms with Crippen molar-refractivity contribution >= 4 is 0 Å². The number of unbranched alkanes of at least 4 members (excludes halogenated alkanes) is 1. The summed E-state index contributed by atoms with van der Waals surface area (Å²) in [5, 5.41) is 15.7. The van der Waals surface area contributed by atoms with Gasteiger partial charge in [0.25, 0.3) is 0 Å². The van der Waals surface area contributed by atoms with Gasteiger partial charge in [0.15, 0.2) is 0 Å². The lowest BCUT2D eigenvalue weighted by Crippen LogP contribution is -2.33. The number of para-hydroxylation sites is 1. The zero-order valence-electron chi connectivity index (χ0n) is 21.9. The van der Waals surface area contributed by atoms with Gasteiger partial charge in [-0.2, -0.15) is 5.10 Å². The summed E-state index contributed by atoms with van der Waals surface area (Å²) < 4.78 is 13.8. The van der Waals surface area contributed by atoms with Crippen LogP contribution in [0.5, 0.6) is 17.4 Å². The van der Waals surface area contributed by atoms with Crippen LogP contribution in [0.2, 0.25) is 0 Å². The standard InChI is InChI=1S/C29H41N3O3/c1-6-8-12-24(33)20-31(19-7-2)21-27-28(22(3)4)30-32(23-15-17-25(34-5)18-16-23)29(27)35-26-13-10-9-11-14-26/h9-11,13-18,22,24,33H,6-8,12,19-21H2,1-5H3/t24-/m0/s1. The van der Waals surface area contributed by atoms with Crippen molar-refractivity contribution in [1.82, 2.24) is 14.7 Å². The Balaban J connectivity index is 2.04. The SMILES string of the molecule is CCCC[C@H](O)CN(CCC)Cc1c(C(C)C)nn(-c2ccc(OC)cc2)c1Oc1ccccc1. The van der Waals surface area contributed by atoms with Crippen LogP contribution in [-0.2, 0) is 6.54 Å². The van der Waals surface area contributed by atoms with Crippen molar-refractivity contribution in [2.24, 2.45) is 0 Å². The Morgan fingerprint density at radius 1 is 0.971 bits per heavy atom. The van der Waals surface area contributed by atoms with Crippen molar-refractivity contribution < 1.29 is 14.6 Å². The van der Waals surface area contributed by atoms with Gasteiger partial charge in [0.05, 0.1) is 30.2 Å². The van der Waals surface area contributed by atoms with Gasteiger partial charge >= 0.3 is 0 Å². The quantitative estimate of drug-likeness (QED) is 0.284. The molecule has 1 aromatic heterocycles. The van der Waals surface area contributed by atoms with Crippen molar-refractivity contribution in [2.45, 2.75) is 71.9 Å². The van der Waals surface area contributed by atoms with Crippen LogP contribution in [-0.4, -0.2) is 46.1 Å². The Bertz CT molecular complexity index is 1020. The first-order valence-electron chi connectivity index (χ1n) is 12.9. The van der Waals surface area contributed by atoms with Crippen molar-refractivity contribution in [2.75, 3.05) is 20.2 Å². The van der Waals surface area contributed by atoms with E-state index in [1.54, 1.807) is 7.11 Å². The molecule has 0 aliphatic rings. The normalized spacial score (nSPS) is 12.3. The molecule has 0 saturated carbocycles. The van der Waals surface area contributed by atoms with E-state index in [9.17, 15) is 5.11 Å². The second-order valence-corrected chi connectivity index (χ2v) is 9.38. The predicted molar refractivity (Wildman–Crippen MR) is 142 cm³/mol. The van der Waals surface area contributed by atoms with E-state index in [4.69, 9.17) is 14.6 Å². The molecule has 1 atom stereocenters. The highest BCUT2D eigenvalue weighted by atomic mass is 16.5. The number of aromatic nitrogens is 2. The fourth-order valence-electron chi connectivity index (χ4n) is 4.27. The molecule has 0 saturated heterocycles. The second kappa shape index (κ2) is 13.3. The molecule has 35 heavy (non-hydrogen) atoms. The largest absolute Gasteiger partial charge is 0.497 e. The number of hydrogen-bond donors (Lipinski definition) is 1. The lowest BCUT2D eigenvalue weighted by atomic mass is 10.0. The smallest absolute Gasteiger partial charge is 0.227 e. The van der Waals surface area contributed by atoms with Gasteiger partial charge in [-0.15, -0.1) is 0 Å². The maximum absolute atomic E-state index is 10.7. The monoisotopic (exact) mass is 479 g/mol. The third-order valence-electron chi connectivity index (χ3n) is 6.07. The van der Waals surface area contributed by atoms with Gasteiger partial charge in [0.2, 0.25) is 5.88 Å². The molecule has 0 unspecified atom stereocenters. The van der Waals surface area contributed by atoms with Gasteiger partial charge in [-0.1, -0.05) is 58.7 Å². The molecule has 0 radical (unpaired) electrons. The number of methoxy groups -OCH3 is 1. The number of rotatable bonds is 14. The van der Waals surface area contributed by atoms with E-state index in [1.165, 1.54) is 0 Å². The lowest BCUT2D eigenvalue weighted by molar-refractivity contribution is 0.0990. The summed E-state index contributed by atoms with van der Waals surface area (Å²) >= 11 is 0. The summed E-state index contributed by atoms with van der Waals surface area (Å²) in [5.41, 5.74) is 2.99. The Morgan fingerprint density at radius 2 is 1.69 bits per heavy atom. The Labute approximate surface area is 210 Å². The summed E-state index contributed by atoms with van der Waals surface area (Å²) in [6.07, 6.45) is 3.63. The molecule has 0 amide bonds. The first kappa shape index (κ1) is 26.8. The molecule has 1 N–H and O–H groups in total. The maximum atomic E-state index is 10.7. The molecule has 6 nitrogen and oxygen atoms in total. The number of nitrogens with zero attached hydrogens (tertiary/aromatic N) is 3. The van der Waals surface area contributed by atoms with Crippen LogP contribution in [0.15, 0.2) is 54.6 Å².